The van der Waals surface area contributed by atoms with Gasteiger partial charge in [-0.1, -0.05) is 13.8 Å². The fraction of sp³-hybridized carbons (Fsp3) is 0.952. The first-order valence-electron chi connectivity index (χ1n) is 9.98. The van der Waals surface area contributed by atoms with Crippen LogP contribution < -0.4 is 0 Å². The Morgan fingerprint density at radius 1 is 0.870 bits per heavy atom. The zero-order valence-corrected chi connectivity index (χ0v) is 15.2. The Hall–Kier alpha value is -0.370. The monoisotopic (exact) mass is 318 g/mol. The summed E-state index contributed by atoms with van der Waals surface area (Å²) in [4.78, 5) is 11.6. The molecule has 0 aromatic carbocycles. The molecular formula is C21H34O2. The molecule has 0 spiro atoms. The second-order valence-corrected chi connectivity index (χ2v) is 10.2. The Bertz CT molecular complexity index is 498. The molecule has 4 rings (SSSR count). The van der Waals surface area contributed by atoms with E-state index in [1.807, 2.05) is 6.92 Å². The number of hydrogen-bond donors (Lipinski definition) is 1. The summed E-state index contributed by atoms with van der Waals surface area (Å²) in [7, 11) is 0. The van der Waals surface area contributed by atoms with Crippen LogP contribution in [0.1, 0.15) is 78.6 Å². The molecular weight excluding hydrogens is 284 g/mol. The Balaban J connectivity index is 1.61. The lowest BCUT2D eigenvalue weighted by atomic mass is 9.44. The molecule has 23 heavy (non-hydrogen) atoms. The molecule has 4 aliphatic rings. The van der Waals surface area contributed by atoms with E-state index in [-0.39, 0.29) is 5.41 Å². The van der Waals surface area contributed by atoms with E-state index in [4.69, 9.17) is 0 Å². The highest BCUT2D eigenvalue weighted by Gasteiger charge is 2.60. The van der Waals surface area contributed by atoms with Gasteiger partial charge in [0.1, 0.15) is 6.29 Å². The summed E-state index contributed by atoms with van der Waals surface area (Å²) in [6.45, 7) is 7.00. The predicted octanol–water partition coefficient (Wildman–Crippen LogP) is 4.60. The third-order valence-corrected chi connectivity index (χ3v) is 9.19. The summed E-state index contributed by atoms with van der Waals surface area (Å²) in [5.41, 5.74) is 0.286. The lowest BCUT2D eigenvalue weighted by Gasteiger charge is -2.61. The standard InChI is InChI=1S/C21H34O2/c1-19(23)10-11-21(3)14(12-19)4-6-16-17-7-5-15(13-22)20(17,2)9-8-18(16)21/h13-18,23H,4-12H2,1-3H3/t14-,15-,16+,17+,18+,19-,20-,21+/m1/s1. The molecule has 0 aliphatic heterocycles. The van der Waals surface area contributed by atoms with E-state index in [1.54, 1.807) is 0 Å². The van der Waals surface area contributed by atoms with Crippen molar-refractivity contribution in [2.45, 2.75) is 84.2 Å². The Kier molecular flexibility index (Phi) is 3.55. The number of carbonyl (C=O) groups is 1. The van der Waals surface area contributed by atoms with Crippen molar-refractivity contribution in [3.05, 3.63) is 0 Å². The molecule has 0 bridgehead atoms. The number of rotatable bonds is 1. The van der Waals surface area contributed by atoms with Gasteiger partial charge in [0.05, 0.1) is 5.60 Å². The first kappa shape index (κ1) is 16.1. The minimum Gasteiger partial charge on any atom is -0.390 e. The fourth-order valence-corrected chi connectivity index (χ4v) is 7.70. The van der Waals surface area contributed by atoms with E-state index < -0.39 is 5.60 Å². The van der Waals surface area contributed by atoms with Crippen LogP contribution in [0.4, 0.5) is 0 Å². The summed E-state index contributed by atoms with van der Waals surface area (Å²) in [5, 5.41) is 10.5. The number of fused-ring (bicyclic) bond motifs is 5. The maximum atomic E-state index is 11.6. The van der Waals surface area contributed by atoms with Gasteiger partial charge < -0.3 is 9.90 Å². The Morgan fingerprint density at radius 2 is 1.61 bits per heavy atom. The molecule has 130 valence electrons. The highest BCUT2D eigenvalue weighted by Crippen LogP contribution is 2.67. The van der Waals surface area contributed by atoms with Gasteiger partial charge in [0.2, 0.25) is 0 Å². The summed E-state index contributed by atoms with van der Waals surface area (Å²) < 4.78 is 0. The molecule has 0 saturated heterocycles. The molecule has 2 heteroatoms. The van der Waals surface area contributed by atoms with E-state index in [2.05, 4.69) is 13.8 Å². The quantitative estimate of drug-likeness (QED) is 0.718. The topological polar surface area (TPSA) is 37.3 Å². The third kappa shape index (κ3) is 2.19. The zero-order valence-electron chi connectivity index (χ0n) is 15.2. The predicted molar refractivity (Wildman–Crippen MR) is 91.9 cm³/mol. The largest absolute Gasteiger partial charge is 0.390 e. The second-order valence-electron chi connectivity index (χ2n) is 10.2. The van der Waals surface area contributed by atoms with Crippen molar-refractivity contribution in [3.8, 4) is 0 Å². The summed E-state index contributed by atoms with van der Waals surface area (Å²) >= 11 is 0. The van der Waals surface area contributed by atoms with Crippen LogP contribution in [0.5, 0.6) is 0 Å². The van der Waals surface area contributed by atoms with Crippen LogP contribution in [-0.2, 0) is 4.79 Å². The van der Waals surface area contributed by atoms with E-state index >= 15 is 0 Å². The third-order valence-electron chi connectivity index (χ3n) is 9.19. The lowest BCUT2D eigenvalue weighted by molar-refractivity contribution is -0.147. The van der Waals surface area contributed by atoms with Crippen LogP contribution in [0.15, 0.2) is 0 Å². The van der Waals surface area contributed by atoms with Crippen LogP contribution in [0.2, 0.25) is 0 Å². The Labute approximate surface area is 141 Å². The molecule has 0 amide bonds. The number of aliphatic hydroxyl groups is 1. The Morgan fingerprint density at radius 3 is 2.35 bits per heavy atom. The highest BCUT2D eigenvalue weighted by atomic mass is 16.3. The van der Waals surface area contributed by atoms with E-state index in [0.717, 1.165) is 37.0 Å². The van der Waals surface area contributed by atoms with Crippen LogP contribution in [-0.4, -0.2) is 17.0 Å². The SMILES string of the molecule is C[C@@]1(O)CC[C@@]2(C)[C@H](CC[C@@H]3[C@@H]2CC[C@]2(C)[C@@H](C=O)CC[C@@H]32)C1. The molecule has 0 unspecified atom stereocenters. The number of carbonyl (C=O) groups excluding carboxylic acids is 1. The number of hydrogen-bond acceptors (Lipinski definition) is 2. The van der Waals surface area contributed by atoms with Crippen molar-refractivity contribution in [2.75, 3.05) is 0 Å². The van der Waals surface area contributed by atoms with Gasteiger partial charge in [0.15, 0.2) is 0 Å². The minimum absolute atomic E-state index is 0.284. The molecule has 0 heterocycles. The maximum absolute atomic E-state index is 11.6. The number of aldehydes is 1. The van der Waals surface area contributed by atoms with Crippen molar-refractivity contribution >= 4 is 6.29 Å². The molecule has 2 nitrogen and oxygen atoms in total. The van der Waals surface area contributed by atoms with E-state index in [0.29, 0.717) is 17.3 Å². The van der Waals surface area contributed by atoms with Gasteiger partial charge in [0.25, 0.3) is 0 Å². The van der Waals surface area contributed by atoms with Crippen LogP contribution >= 0.6 is 0 Å². The molecule has 4 saturated carbocycles. The molecule has 4 aliphatic carbocycles. The van der Waals surface area contributed by atoms with E-state index in [9.17, 15) is 9.90 Å². The van der Waals surface area contributed by atoms with Crippen LogP contribution in [0, 0.1) is 40.4 Å². The van der Waals surface area contributed by atoms with Gasteiger partial charge >= 0.3 is 0 Å². The van der Waals surface area contributed by atoms with Gasteiger partial charge in [-0.2, -0.15) is 0 Å². The second kappa shape index (κ2) is 5.07. The smallest absolute Gasteiger partial charge is 0.123 e. The normalized spacial score (nSPS) is 58.9. The molecule has 0 radical (unpaired) electrons. The maximum Gasteiger partial charge on any atom is 0.123 e. The molecule has 1 N–H and O–H groups in total. The minimum atomic E-state index is -0.434. The molecule has 4 fully saturated rings. The molecule has 0 aromatic heterocycles. The van der Waals surface area contributed by atoms with Gasteiger partial charge in [-0.15, -0.1) is 0 Å². The van der Waals surface area contributed by atoms with Gasteiger partial charge in [-0.3, -0.25) is 0 Å². The van der Waals surface area contributed by atoms with Crippen molar-refractivity contribution in [2.24, 2.45) is 40.4 Å². The average Bonchev–Trinajstić information content (AvgIpc) is 2.84. The van der Waals surface area contributed by atoms with Crippen molar-refractivity contribution in [1.29, 1.82) is 0 Å². The summed E-state index contributed by atoms with van der Waals surface area (Å²) in [6, 6.07) is 0. The van der Waals surface area contributed by atoms with Crippen molar-refractivity contribution < 1.29 is 9.90 Å². The first-order chi connectivity index (χ1) is 10.8. The van der Waals surface area contributed by atoms with Crippen molar-refractivity contribution in [3.63, 3.8) is 0 Å². The van der Waals surface area contributed by atoms with Crippen molar-refractivity contribution in [1.82, 2.24) is 0 Å². The first-order valence-corrected chi connectivity index (χ1v) is 9.98. The average molecular weight is 319 g/mol. The summed E-state index contributed by atoms with van der Waals surface area (Å²) in [6.07, 6.45) is 12.1. The highest BCUT2D eigenvalue weighted by molar-refractivity contribution is 5.56. The molecule has 8 atom stereocenters. The van der Waals surface area contributed by atoms with Gasteiger partial charge in [-0.25, -0.2) is 0 Å². The fourth-order valence-electron chi connectivity index (χ4n) is 7.70. The molecule has 0 aromatic rings. The lowest BCUT2D eigenvalue weighted by Crippen LogP contribution is -2.55. The zero-order chi connectivity index (χ0) is 16.5. The van der Waals surface area contributed by atoms with Gasteiger partial charge in [-0.05, 0) is 99.2 Å². The van der Waals surface area contributed by atoms with Crippen LogP contribution in [0.3, 0.4) is 0 Å². The van der Waals surface area contributed by atoms with E-state index in [1.165, 1.54) is 44.8 Å². The van der Waals surface area contributed by atoms with Crippen LogP contribution in [0.25, 0.3) is 0 Å². The summed E-state index contributed by atoms with van der Waals surface area (Å²) in [5.74, 6) is 3.46. The van der Waals surface area contributed by atoms with Gasteiger partial charge in [0, 0.05) is 5.92 Å².